The van der Waals surface area contributed by atoms with Crippen molar-refractivity contribution in [1.82, 2.24) is 0 Å². The van der Waals surface area contributed by atoms with E-state index < -0.39 is 0 Å². The lowest BCUT2D eigenvalue weighted by atomic mass is 10.1. The lowest BCUT2D eigenvalue weighted by molar-refractivity contribution is 0.282. The quantitative estimate of drug-likeness (QED) is 0.343. The Labute approximate surface area is 137 Å². The summed E-state index contributed by atoms with van der Waals surface area (Å²) in [6.45, 7) is 0.721. The van der Waals surface area contributed by atoms with E-state index in [2.05, 4.69) is 11.8 Å². The van der Waals surface area contributed by atoms with E-state index in [1.165, 1.54) is 88.6 Å². The van der Waals surface area contributed by atoms with Crippen molar-refractivity contribution in [3.63, 3.8) is 0 Å². The lowest BCUT2D eigenvalue weighted by Crippen LogP contribution is -1.88. The van der Waals surface area contributed by atoms with Gasteiger partial charge in [-0.15, -0.1) is 0 Å². The Balaban J connectivity index is 2.90. The molecule has 0 bridgehead atoms. The topological polar surface area (TPSA) is 40.5 Å². The molecular formula is C18H38O2S. The highest BCUT2D eigenvalue weighted by Crippen LogP contribution is 2.13. The van der Waals surface area contributed by atoms with E-state index in [4.69, 9.17) is 10.2 Å². The summed E-state index contributed by atoms with van der Waals surface area (Å²) in [5.41, 5.74) is 0. The molecule has 0 radical (unpaired) electrons. The van der Waals surface area contributed by atoms with Crippen LogP contribution in [0.5, 0.6) is 0 Å². The molecule has 0 aliphatic carbocycles. The Hall–Kier alpha value is 0.270. The van der Waals surface area contributed by atoms with Gasteiger partial charge in [0.2, 0.25) is 0 Å². The first-order chi connectivity index (χ1) is 10.4. The van der Waals surface area contributed by atoms with Crippen LogP contribution in [-0.2, 0) is 0 Å². The van der Waals surface area contributed by atoms with Crippen LogP contribution in [0.4, 0.5) is 0 Å². The van der Waals surface area contributed by atoms with Crippen LogP contribution < -0.4 is 0 Å². The van der Waals surface area contributed by atoms with Crippen molar-refractivity contribution in [3.05, 3.63) is 0 Å². The average molecular weight is 319 g/mol. The highest BCUT2D eigenvalue weighted by atomic mass is 32.2. The summed E-state index contributed by atoms with van der Waals surface area (Å²) in [5, 5.41) is 17.4. The summed E-state index contributed by atoms with van der Waals surface area (Å²) in [6.07, 6.45) is 17.9. The van der Waals surface area contributed by atoms with Crippen LogP contribution in [0.25, 0.3) is 0 Å². The predicted molar refractivity (Wildman–Crippen MR) is 96.1 cm³/mol. The normalized spacial score (nSPS) is 11.1. The van der Waals surface area contributed by atoms with Crippen LogP contribution in [0.3, 0.4) is 0 Å². The molecule has 21 heavy (non-hydrogen) atoms. The third-order valence-corrected chi connectivity index (χ3v) is 5.05. The third-order valence-electron chi connectivity index (χ3n) is 3.89. The molecule has 2 nitrogen and oxygen atoms in total. The van der Waals surface area contributed by atoms with Gasteiger partial charge in [0.1, 0.15) is 0 Å². The number of unbranched alkanes of at least 4 members (excludes halogenated alkanes) is 12. The Morgan fingerprint density at radius 2 is 0.667 bits per heavy atom. The average Bonchev–Trinajstić information content (AvgIpc) is 2.50. The van der Waals surface area contributed by atoms with Gasteiger partial charge in [-0.2, -0.15) is 11.8 Å². The molecule has 0 amide bonds. The smallest absolute Gasteiger partial charge is 0.0431 e. The van der Waals surface area contributed by atoms with Crippen LogP contribution in [0.15, 0.2) is 0 Å². The number of rotatable bonds is 18. The highest BCUT2D eigenvalue weighted by molar-refractivity contribution is 7.99. The van der Waals surface area contributed by atoms with Crippen molar-refractivity contribution in [1.29, 1.82) is 0 Å². The minimum Gasteiger partial charge on any atom is -0.396 e. The van der Waals surface area contributed by atoms with Crippen LogP contribution in [0.1, 0.15) is 89.9 Å². The maximum Gasteiger partial charge on any atom is 0.0431 e. The van der Waals surface area contributed by atoms with Crippen molar-refractivity contribution in [2.75, 3.05) is 24.7 Å². The van der Waals surface area contributed by atoms with Crippen molar-refractivity contribution < 1.29 is 10.2 Å². The molecule has 0 aromatic heterocycles. The molecule has 0 aliphatic heterocycles. The van der Waals surface area contributed by atoms with Gasteiger partial charge < -0.3 is 10.2 Å². The maximum atomic E-state index is 8.68. The zero-order valence-corrected chi connectivity index (χ0v) is 14.8. The monoisotopic (exact) mass is 318 g/mol. The summed E-state index contributed by atoms with van der Waals surface area (Å²) in [7, 11) is 0. The van der Waals surface area contributed by atoms with Crippen LogP contribution in [-0.4, -0.2) is 34.9 Å². The van der Waals surface area contributed by atoms with E-state index in [1.54, 1.807) is 0 Å². The molecule has 0 unspecified atom stereocenters. The molecule has 0 aromatic carbocycles. The van der Waals surface area contributed by atoms with E-state index in [-0.39, 0.29) is 0 Å². The summed E-state index contributed by atoms with van der Waals surface area (Å²) < 4.78 is 0. The second kappa shape index (κ2) is 20.3. The Morgan fingerprint density at radius 3 is 1.00 bits per heavy atom. The number of thioether (sulfide) groups is 1. The largest absolute Gasteiger partial charge is 0.396 e. The zero-order chi connectivity index (χ0) is 15.4. The fourth-order valence-corrected chi connectivity index (χ4v) is 3.52. The summed E-state index contributed by atoms with van der Waals surface area (Å²) >= 11 is 2.13. The van der Waals surface area contributed by atoms with E-state index in [0.717, 1.165) is 12.8 Å². The molecule has 0 atom stereocenters. The van der Waals surface area contributed by atoms with Crippen LogP contribution >= 0.6 is 11.8 Å². The van der Waals surface area contributed by atoms with E-state index in [1.807, 2.05) is 0 Å². The fraction of sp³-hybridized carbons (Fsp3) is 1.00. The highest BCUT2D eigenvalue weighted by Gasteiger charge is 1.94. The minimum atomic E-state index is 0.360. The van der Waals surface area contributed by atoms with Gasteiger partial charge in [-0.25, -0.2) is 0 Å². The van der Waals surface area contributed by atoms with Crippen LogP contribution in [0.2, 0.25) is 0 Å². The Kier molecular flexibility index (Phi) is 20.5. The SMILES string of the molecule is OCCCCCCCCCSCCCCCCCCCO. The van der Waals surface area contributed by atoms with Gasteiger partial charge in [-0.3, -0.25) is 0 Å². The van der Waals surface area contributed by atoms with Gasteiger partial charge in [-0.05, 0) is 37.2 Å². The molecule has 0 saturated heterocycles. The molecule has 0 heterocycles. The van der Waals surface area contributed by atoms with Crippen molar-refractivity contribution in [3.8, 4) is 0 Å². The van der Waals surface area contributed by atoms with E-state index in [9.17, 15) is 0 Å². The Bertz CT molecular complexity index is 159. The molecule has 0 spiro atoms. The van der Waals surface area contributed by atoms with Gasteiger partial charge in [0, 0.05) is 13.2 Å². The first-order valence-corrected chi connectivity index (χ1v) is 10.4. The van der Waals surface area contributed by atoms with Crippen molar-refractivity contribution in [2.24, 2.45) is 0 Å². The summed E-state index contributed by atoms with van der Waals surface area (Å²) in [6, 6.07) is 0. The van der Waals surface area contributed by atoms with Gasteiger partial charge in [-0.1, -0.05) is 64.2 Å². The lowest BCUT2D eigenvalue weighted by Gasteiger charge is -2.03. The third kappa shape index (κ3) is 20.3. The second-order valence-electron chi connectivity index (χ2n) is 6.01. The maximum absolute atomic E-state index is 8.68. The standard InChI is InChI=1S/C18H38O2S/c19-15-11-7-3-1-5-9-13-17-21-18-14-10-6-2-4-8-12-16-20/h19-20H,1-18H2. The molecule has 0 aliphatic rings. The molecule has 0 saturated carbocycles. The number of hydrogen-bond acceptors (Lipinski definition) is 3. The van der Waals surface area contributed by atoms with Crippen molar-refractivity contribution in [2.45, 2.75) is 89.9 Å². The van der Waals surface area contributed by atoms with E-state index >= 15 is 0 Å². The van der Waals surface area contributed by atoms with Gasteiger partial charge in [0.15, 0.2) is 0 Å². The molecule has 0 rings (SSSR count). The van der Waals surface area contributed by atoms with E-state index in [0.29, 0.717) is 13.2 Å². The molecular weight excluding hydrogens is 280 g/mol. The predicted octanol–water partition coefficient (Wildman–Crippen LogP) is 5.17. The van der Waals surface area contributed by atoms with Crippen LogP contribution in [0, 0.1) is 0 Å². The fourth-order valence-electron chi connectivity index (χ4n) is 2.50. The minimum absolute atomic E-state index is 0.360. The summed E-state index contributed by atoms with van der Waals surface area (Å²) in [5.74, 6) is 2.68. The van der Waals surface area contributed by atoms with Gasteiger partial charge in [0.25, 0.3) is 0 Å². The van der Waals surface area contributed by atoms with Crippen molar-refractivity contribution >= 4 is 11.8 Å². The molecule has 0 aromatic rings. The number of hydrogen-bond donors (Lipinski definition) is 2. The number of aliphatic hydroxyl groups excluding tert-OH is 2. The molecule has 128 valence electrons. The number of aliphatic hydroxyl groups is 2. The zero-order valence-electron chi connectivity index (χ0n) is 14.0. The summed E-state index contributed by atoms with van der Waals surface area (Å²) in [4.78, 5) is 0. The molecule has 2 N–H and O–H groups in total. The molecule has 0 fully saturated rings. The first-order valence-electron chi connectivity index (χ1n) is 9.21. The first kappa shape index (κ1) is 21.3. The molecule has 3 heteroatoms. The second-order valence-corrected chi connectivity index (χ2v) is 7.23. The van der Waals surface area contributed by atoms with Gasteiger partial charge in [0.05, 0.1) is 0 Å². The van der Waals surface area contributed by atoms with Gasteiger partial charge >= 0.3 is 0 Å². The Morgan fingerprint density at radius 1 is 0.381 bits per heavy atom.